The van der Waals surface area contributed by atoms with Crippen LogP contribution in [0.15, 0.2) is 47.4 Å². The molecule has 0 N–H and O–H groups in total. The van der Waals surface area contributed by atoms with E-state index in [-0.39, 0.29) is 39.9 Å². The van der Waals surface area contributed by atoms with Crippen molar-refractivity contribution in [1.82, 2.24) is 9.21 Å². The number of sulfonamides is 1. The molecule has 0 aromatic heterocycles. The first kappa shape index (κ1) is 23.1. The summed E-state index contributed by atoms with van der Waals surface area (Å²) in [6, 6.07) is 12.4. The molecule has 162 valence electrons. The van der Waals surface area contributed by atoms with E-state index < -0.39 is 10.0 Å². The minimum Gasteiger partial charge on any atom is -0.337 e. The van der Waals surface area contributed by atoms with Gasteiger partial charge in [0.1, 0.15) is 4.90 Å². The van der Waals surface area contributed by atoms with E-state index in [1.807, 2.05) is 32.0 Å². The predicted molar refractivity (Wildman–Crippen MR) is 120 cm³/mol. The minimum atomic E-state index is -3.97. The van der Waals surface area contributed by atoms with Gasteiger partial charge in [0.2, 0.25) is 15.9 Å². The van der Waals surface area contributed by atoms with Crippen LogP contribution >= 0.6 is 23.2 Å². The fraction of sp³-hybridized carbons (Fsp3) is 0.409. The summed E-state index contributed by atoms with van der Waals surface area (Å²) in [7, 11) is -3.97. The van der Waals surface area contributed by atoms with E-state index in [0.717, 1.165) is 12.0 Å². The van der Waals surface area contributed by atoms with Crippen LogP contribution in [0.25, 0.3) is 0 Å². The molecule has 30 heavy (non-hydrogen) atoms. The first-order valence-corrected chi connectivity index (χ1v) is 12.2. The zero-order chi connectivity index (χ0) is 21.9. The van der Waals surface area contributed by atoms with Crippen LogP contribution in [0.4, 0.5) is 0 Å². The number of rotatable bonds is 7. The van der Waals surface area contributed by atoms with Crippen LogP contribution in [0.1, 0.15) is 31.4 Å². The molecule has 0 saturated heterocycles. The topological polar surface area (TPSA) is 57.7 Å². The van der Waals surface area contributed by atoms with E-state index >= 15 is 0 Å². The van der Waals surface area contributed by atoms with Gasteiger partial charge in [0.25, 0.3) is 0 Å². The van der Waals surface area contributed by atoms with Crippen LogP contribution in [0.2, 0.25) is 10.0 Å². The Hall–Kier alpha value is -1.60. The van der Waals surface area contributed by atoms with E-state index in [1.165, 1.54) is 28.1 Å². The molecular formula is C22H26Cl2N2O3S. The monoisotopic (exact) mass is 468 g/mol. The maximum absolute atomic E-state index is 13.3. The second-order valence-electron chi connectivity index (χ2n) is 7.93. The highest BCUT2D eigenvalue weighted by atomic mass is 35.5. The Morgan fingerprint density at radius 3 is 2.53 bits per heavy atom. The predicted octanol–water partition coefficient (Wildman–Crippen LogP) is 4.62. The number of hydrogen-bond acceptors (Lipinski definition) is 3. The second-order valence-corrected chi connectivity index (χ2v) is 10.7. The number of fused-ring (bicyclic) bond motifs is 1. The first-order chi connectivity index (χ1) is 14.2. The molecule has 8 heteroatoms. The third kappa shape index (κ3) is 5.35. The van der Waals surface area contributed by atoms with Gasteiger partial charge in [-0.1, -0.05) is 61.3 Å². The fourth-order valence-corrected chi connectivity index (χ4v) is 5.60. The lowest BCUT2D eigenvalue weighted by molar-refractivity contribution is -0.132. The van der Waals surface area contributed by atoms with Crippen molar-refractivity contribution in [3.63, 3.8) is 0 Å². The number of carbonyl (C=O) groups excluding carboxylic acids is 1. The van der Waals surface area contributed by atoms with E-state index in [0.29, 0.717) is 19.5 Å². The molecule has 1 amide bonds. The number of halogens is 2. The van der Waals surface area contributed by atoms with Crippen molar-refractivity contribution >= 4 is 39.1 Å². The van der Waals surface area contributed by atoms with Gasteiger partial charge >= 0.3 is 0 Å². The Morgan fingerprint density at radius 1 is 1.13 bits per heavy atom. The molecule has 0 spiro atoms. The molecule has 2 aromatic rings. The molecule has 1 heterocycles. The van der Waals surface area contributed by atoms with Crippen LogP contribution in [0.3, 0.4) is 0 Å². The maximum atomic E-state index is 13.3. The highest BCUT2D eigenvalue weighted by molar-refractivity contribution is 7.89. The summed E-state index contributed by atoms with van der Waals surface area (Å²) in [6.45, 7) is 5.11. The molecule has 5 nitrogen and oxygen atoms in total. The van der Waals surface area contributed by atoms with Crippen LogP contribution < -0.4 is 0 Å². The SMILES string of the molecule is CC(C)CCN(CC(=O)N1CCc2ccccc2C1)S(=O)(=O)c1cc(Cl)ccc1Cl. The van der Waals surface area contributed by atoms with Gasteiger partial charge in [-0.05, 0) is 48.1 Å². The minimum absolute atomic E-state index is 0.0720. The Morgan fingerprint density at radius 2 is 1.83 bits per heavy atom. The molecule has 1 aliphatic heterocycles. The van der Waals surface area contributed by atoms with Gasteiger partial charge in [0, 0.05) is 24.7 Å². The van der Waals surface area contributed by atoms with Gasteiger partial charge in [-0.2, -0.15) is 4.31 Å². The molecule has 0 atom stereocenters. The lowest BCUT2D eigenvalue weighted by atomic mass is 10.00. The zero-order valence-corrected chi connectivity index (χ0v) is 19.5. The smallest absolute Gasteiger partial charge is 0.245 e. The van der Waals surface area contributed by atoms with Crippen molar-refractivity contribution in [2.24, 2.45) is 5.92 Å². The number of amides is 1. The summed E-state index contributed by atoms with van der Waals surface area (Å²) in [4.78, 5) is 14.7. The average Bonchev–Trinajstić information content (AvgIpc) is 2.71. The highest BCUT2D eigenvalue weighted by Crippen LogP contribution is 2.28. The second kappa shape index (κ2) is 9.69. The van der Waals surface area contributed by atoms with E-state index in [1.54, 1.807) is 4.90 Å². The Bertz CT molecular complexity index is 1020. The van der Waals surface area contributed by atoms with Gasteiger partial charge in [-0.3, -0.25) is 4.79 Å². The number of nitrogens with zero attached hydrogens (tertiary/aromatic N) is 2. The van der Waals surface area contributed by atoms with E-state index in [4.69, 9.17) is 23.2 Å². The Labute approximate surface area is 188 Å². The largest absolute Gasteiger partial charge is 0.337 e. The summed E-state index contributed by atoms with van der Waals surface area (Å²) >= 11 is 12.2. The summed E-state index contributed by atoms with van der Waals surface area (Å²) in [5, 5.41) is 0.369. The van der Waals surface area contributed by atoms with Gasteiger partial charge in [0.15, 0.2) is 0 Å². The average molecular weight is 469 g/mol. The molecule has 1 aliphatic rings. The Balaban J connectivity index is 1.83. The van der Waals surface area contributed by atoms with E-state index in [9.17, 15) is 13.2 Å². The van der Waals surface area contributed by atoms with Crippen molar-refractivity contribution < 1.29 is 13.2 Å². The van der Waals surface area contributed by atoms with Gasteiger partial charge in [-0.15, -0.1) is 0 Å². The molecule has 0 radical (unpaired) electrons. The van der Waals surface area contributed by atoms with Crippen LogP contribution in [0.5, 0.6) is 0 Å². The van der Waals surface area contributed by atoms with Crippen molar-refractivity contribution in [3.05, 3.63) is 63.6 Å². The first-order valence-electron chi connectivity index (χ1n) is 9.98. The van der Waals surface area contributed by atoms with Crippen molar-refractivity contribution in [3.8, 4) is 0 Å². The molecule has 3 rings (SSSR count). The summed E-state index contributed by atoms with van der Waals surface area (Å²) in [5.74, 6) is 0.0736. The molecule has 0 fully saturated rings. The molecule has 0 saturated carbocycles. The quantitative estimate of drug-likeness (QED) is 0.595. The molecule has 0 bridgehead atoms. The number of benzene rings is 2. The highest BCUT2D eigenvalue weighted by Gasteiger charge is 2.31. The standard InChI is InChI=1S/C22H26Cl2N2O3S/c1-16(2)9-12-26(30(28,29)21-13-19(23)7-8-20(21)24)15-22(27)25-11-10-17-5-3-4-6-18(17)14-25/h3-8,13,16H,9-12,14-15H2,1-2H3. The van der Waals surface area contributed by atoms with Crippen molar-refractivity contribution in [2.45, 2.75) is 38.1 Å². The van der Waals surface area contributed by atoms with Crippen LogP contribution in [-0.4, -0.2) is 43.2 Å². The Kier molecular flexibility index (Phi) is 7.45. The molecule has 2 aromatic carbocycles. The van der Waals surface area contributed by atoms with Crippen LogP contribution in [-0.2, 0) is 27.8 Å². The summed E-state index contributed by atoms with van der Waals surface area (Å²) in [6.07, 6.45) is 1.40. The zero-order valence-electron chi connectivity index (χ0n) is 17.1. The molecule has 0 aliphatic carbocycles. The van der Waals surface area contributed by atoms with Gasteiger partial charge < -0.3 is 4.90 Å². The number of hydrogen-bond donors (Lipinski definition) is 0. The normalized spacial score (nSPS) is 14.3. The number of carbonyl (C=O) groups is 1. The van der Waals surface area contributed by atoms with E-state index in [2.05, 4.69) is 6.07 Å². The van der Waals surface area contributed by atoms with Crippen LogP contribution in [0, 0.1) is 5.92 Å². The van der Waals surface area contributed by atoms with Gasteiger partial charge in [-0.25, -0.2) is 8.42 Å². The van der Waals surface area contributed by atoms with Crippen molar-refractivity contribution in [1.29, 1.82) is 0 Å². The maximum Gasteiger partial charge on any atom is 0.245 e. The molecule has 0 unspecified atom stereocenters. The summed E-state index contributed by atoms with van der Waals surface area (Å²) in [5.41, 5.74) is 2.34. The van der Waals surface area contributed by atoms with Crippen molar-refractivity contribution in [2.75, 3.05) is 19.6 Å². The third-order valence-electron chi connectivity index (χ3n) is 5.26. The van der Waals surface area contributed by atoms with Gasteiger partial charge in [0.05, 0.1) is 11.6 Å². The summed E-state index contributed by atoms with van der Waals surface area (Å²) < 4.78 is 27.9. The molecular weight excluding hydrogens is 443 g/mol. The third-order valence-corrected chi connectivity index (χ3v) is 7.82. The lowest BCUT2D eigenvalue weighted by Gasteiger charge is -2.31. The fourth-order valence-electron chi connectivity index (χ4n) is 3.46. The lowest BCUT2D eigenvalue weighted by Crippen LogP contribution is -2.45.